The monoisotopic (exact) mass is 194 g/mol. The van der Waals surface area contributed by atoms with Crippen molar-refractivity contribution in [2.45, 2.75) is 38.7 Å². The van der Waals surface area contributed by atoms with Crippen LogP contribution in [-0.2, 0) is 9.53 Å². The minimum atomic E-state index is -0.328. The summed E-state index contributed by atoms with van der Waals surface area (Å²) in [6.45, 7) is 7.79. The van der Waals surface area contributed by atoms with Crippen LogP contribution in [0.25, 0.3) is 0 Å². The molecule has 1 fully saturated rings. The fourth-order valence-electron chi connectivity index (χ4n) is 1.82. The molecule has 2 atom stereocenters. The van der Waals surface area contributed by atoms with E-state index < -0.39 is 0 Å². The number of carbonyl (C=O) groups excluding carboxylic acids is 1. The molecule has 1 heterocycles. The maximum atomic E-state index is 11.2. The maximum Gasteiger partial charge on any atom is 0.306 e. The van der Waals surface area contributed by atoms with E-state index in [2.05, 4.69) is 19.6 Å². The number of rotatable bonds is 4. The summed E-state index contributed by atoms with van der Waals surface area (Å²) >= 11 is 0. The summed E-state index contributed by atoms with van der Waals surface area (Å²) in [4.78, 5) is 11.2. The number of hydrogen-bond acceptors (Lipinski definition) is 2. The van der Waals surface area contributed by atoms with Gasteiger partial charge >= 0.3 is 5.97 Å². The van der Waals surface area contributed by atoms with Gasteiger partial charge in [0.15, 0.2) is 0 Å². The van der Waals surface area contributed by atoms with Gasteiger partial charge in [-0.2, -0.15) is 0 Å². The minimum Gasteiger partial charge on any atom is -0.458 e. The van der Waals surface area contributed by atoms with Gasteiger partial charge in [-0.1, -0.05) is 25.2 Å². The van der Waals surface area contributed by atoms with Gasteiger partial charge in [-0.25, -0.2) is 0 Å². The van der Waals surface area contributed by atoms with Crippen LogP contribution < -0.4 is 0 Å². The van der Waals surface area contributed by atoms with Crippen LogP contribution >= 0.6 is 0 Å². The Morgan fingerprint density at radius 1 is 1.71 bits per heavy atom. The minimum absolute atomic E-state index is 0.0804. The van der Waals surface area contributed by atoms with Crippen molar-refractivity contribution in [2.75, 3.05) is 0 Å². The molecule has 0 aromatic carbocycles. The van der Waals surface area contributed by atoms with Crippen LogP contribution in [0.5, 0.6) is 0 Å². The summed E-state index contributed by atoms with van der Waals surface area (Å²) < 4.78 is 5.44. The molecular weight excluding hydrogens is 176 g/mol. The zero-order valence-electron chi connectivity index (χ0n) is 8.95. The van der Waals surface area contributed by atoms with Gasteiger partial charge in [0.2, 0.25) is 0 Å². The van der Waals surface area contributed by atoms with E-state index in [9.17, 15) is 4.79 Å². The van der Waals surface area contributed by atoms with E-state index >= 15 is 0 Å². The predicted octanol–water partition coefficient (Wildman–Crippen LogP) is 2.85. The van der Waals surface area contributed by atoms with Crippen molar-refractivity contribution >= 4 is 5.97 Å². The first kappa shape index (κ1) is 11.0. The molecule has 1 aliphatic rings. The van der Waals surface area contributed by atoms with Crippen LogP contribution in [0.3, 0.4) is 0 Å². The molecule has 1 rings (SSSR count). The lowest BCUT2D eigenvalue weighted by Crippen LogP contribution is -2.34. The molecule has 78 valence electrons. The van der Waals surface area contributed by atoms with Crippen molar-refractivity contribution in [1.29, 1.82) is 0 Å². The summed E-state index contributed by atoms with van der Waals surface area (Å²) in [5, 5.41) is 0. The lowest BCUT2D eigenvalue weighted by Gasteiger charge is -2.31. The molecule has 2 heteroatoms. The Labute approximate surface area is 85.6 Å². The SMILES string of the molecule is C=CC(C)C1(C/C=C/C)CCC(=O)O1. The van der Waals surface area contributed by atoms with E-state index in [1.54, 1.807) is 0 Å². The molecule has 0 aromatic rings. The van der Waals surface area contributed by atoms with Crippen LogP contribution in [0.4, 0.5) is 0 Å². The Balaban J connectivity index is 2.79. The molecule has 0 aliphatic carbocycles. The molecule has 0 N–H and O–H groups in total. The first-order valence-electron chi connectivity index (χ1n) is 5.10. The van der Waals surface area contributed by atoms with Gasteiger partial charge < -0.3 is 4.74 Å². The fourth-order valence-corrected chi connectivity index (χ4v) is 1.82. The highest BCUT2D eigenvalue weighted by molar-refractivity contribution is 5.72. The van der Waals surface area contributed by atoms with E-state index in [-0.39, 0.29) is 17.5 Å². The molecule has 0 radical (unpaired) electrons. The third-order valence-electron chi connectivity index (χ3n) is 2.95. The molecule has 0 aromatic heterocycles. The van der Waals surface area contributed by atoms with Gasteiger partial charge in [0.25, 0.3) is 0 Å². The predicted molar refractivity (Wildman–Crippen MR) is 56.8 cm³/mol. The summed E-state index contributed by atoms with van der Waals surface area (Å²) in [5.41, 5.74) is -0.328. The number of esters is 1. The van der Waals surface area contributed by atoms with E-state index in [0.717, 1.165) is 12.8 Å². The van der Waals surface area contributed by atoms with Crippen molar-refractivity contribution < 1.29 is 9.53 Å². The fraction of sp³-hybridized carbons (Fsp3) is 0.583. The molecule has 0 saturated carbocycles. The van der Waals surface area contributed by atoms with Gasteiger partial charge in [0.1, 0.15) is 5.60 Å². The average Bonchev–Trinajstić information content (AvgIpc) is 2.57. The molecule has 2 unspecified atom stereocenters. The second-order valence-electron chi connectivity index (χ2n) is 3.84. The topological polar surface area (TPSA) is 26.3 Å². The normalized spacial score (nSPS) is 29.1. The van der Waals surface area contributed by atoms with Gasteiger partial charge in [-0.15, -0.1) is 6.58 Å². The van der Waals surface area contributed by atoms with Crippen LogP contribution in [0, 0.1) is 5.92 Å². The van der Waals surface area contributed by atoms with Crippen LogP contribution in [0.1, 0.15) is 33.1 Å². The van der Waals surface area contributed by atoms with Gasteiger partial charge in [-0.3, -0.25) is 4.79 Å². The number of hydrogen-bond donors (Lipinski definition) is 0. The first-order chi connectivity index (χ1) is 6.64. The maximum absolute atomic E-state index is 11.2. The number of cyclic esters (lactones) is 1. The molecule has 0 spiro atoms. The van der Waals surface area contributed by atoms with Crippen molar-refractivity contribution in [3.05, 3.63) is 24.8 Å². The van der Waals surface area contributed by atoms with Crippen molar-refractivity contribution in [1.82, 2.24) is 0 Å². The van der Waals surface area contributed by atoms with Gasteiger partial charge in [0.05, 0.1) is 0 Å². The van der Waals surface area contributed by atoms with E-state index in [1.807, 2.05) is 19.1 Å². The summed E-state index contributed by atoms with van der Waals surface area (Å²) in [6.07, 6.45) is 8.05. The van der Waals surface area contributed by atoms with E-state index in [0.29, 0.717) is 6.42 Å². The number of allylic oxidation sites excluding steroid dienone is 1. The highest BCUT2D eigenvalue weighted by atomic mass is 16.6. The highest BCUT2D eigenvalue weighted by Gasteiger charge is 2.42. The third kappa shape index (κ3) is 2.06. The lowest BCUT2D eigenvalue weighted by atomic mass is 9.83. The second-order valence-corrected chi connectivity index (χ2v) is 3.84. The third-order valence-corrected chi connectivity index (χ3v) is 2.95. The number of carbonyl (C=O) groups is 1. The van der Waals surface area contributed by atoms with Crippen LogP contribution in [0.15, 0.2) is 24.8 Å². The standard InChI is InChI=1S/C12H18O2/c1-4-6-8-12(10(3)5-2)9-7-11(13)14-12/h4-6,10H,2,7-9H2,1,3H3/b6-4+. The summed E-state index contributed by atoms with van der Waals surface area (Å²) in [7, 11) is 0. The highest BCUT2D eigenvalue weighted by Crippen LogP contribution is 2.37. The van der Waals surface area contributed by atoms with Gasteiger partial charge in [-0.05, 0) is 13.3 Å². The first-order valence-corrected chi connectivity index (χ1v) is 5.10. The number of ether oxygens (including phenoxy) is 1. The Morgan fingerprint density at radius 2 is 2.43 bits per heavy atom. The van der Waals surface area contributed by atoms with E-state index in [1.165, 1.54) is 0 Å². The zero-order valence-corrected chi connectivity index (χ0v) is 8.95. The van der Waals surface area contributed by atoms with E-state index in [4.69, 9.17) is 4.74 Å². The lowest BCUT2D eigenvalue weighted by molar-refractivity contribution is -0.150. The van der Waals surface area contributed by atoms with Crippen LogP contribution in [-0.4, -0.2) is 11.6 Å². The molecule has 14 heavy (non-hydrogen) atoms. The Hall–Kier alpha value is -1.05. The Kier molecular flexibility index (Phi) is 3.50. The second kappa shape index (κ2) is 4.45. The van der Waals surface area contributed by atoms with Crippen molar-refractivity contribution in [3.8, 4) is 0 Å². The average molecular weight is 194 g/mol. The van der Waals surface area contributed by atoms with Crippen molar-refractivity contribution in [2.24, 2.45) is 5.92 Å². The Morgan fingerprint density at radius 3 is 2.86 bits per heavy atom. The van der Waals surface area contributed by atoms with Gasteiger partial charge in [0, 0.05) is 18.8 Å². The molecule has 2 nitrogen and oxygen atoms in total. The summed E-state index contributed by atoms with van der Waals surface area (Å²) in [5.74, 6) is 0.133. The molecule has 0 bridgehead atoms. The smallest absolute Gasteiger partial charge is 0.306 e. The van der Waals surface area contributed by atoms with Crippen LogP contribution in [0.2, 0.25) is 0 Å². The molecule has 1 saturated heterocycles. The zero-order chi connectivity index (χ0) is 10.6. The Bertz CT molecular complexity index is 255. The molecule has 0 amide bonds. The van der Waals surface area contributed by atoms with Crippen molar-refractivity contribution in [3.63, 3.8) is 0 Å². The largest absolute Gasteiger partial charge is 0.458 e. The molecular formula is C12H18O2. The quantitative estimate of drug-likeness (QED) is 0.508. The summed E-state index contributed by atoms with van der Waals surface area (Å²) in [6, 6.07) is 0. The molecule has 1 aliphatic heterocycles.